The van der Waals surface area contributed by atoms with Crippen LogP contribution in [0, 0.1) is 6.92 Å². The third kappa shape index (κ3) is 4.51. The second-order valence-corrected chi connectivity index (χ2v) is 5.14. The van der Waals surface area contributed by atoms with Crippen molar-refractivity contribution >= 4 is 29.0 Å². The average Bonchev–Trinajstić information content (AvgIpc) is 3.06. The van der Waals surface area contributed by atoms with Crippen molar-refractivity contribution in [3.05, 3.63) is 34.2 Å². The summed E-state index contributed by atoms with van der Waals surface area (Å²) in [5.74, 6) is 0.0584. The maximum Gasteiger partial charge on any atom is 0.306 e. The fraction of sp³-hybridized carbons (Fsp3) is 0.308. The van der Waals surface area contributed by atoms with Crippen molar-refractivity contribution in [2.75, 3.05) is 11.9 Å². The molecule has 2 heterocycles. The molecule has 0 saturated heterocycles. The predicted octanol–water partition coefficient (Wildman–Crippen LogP) is 2.16. The molecule has 6 nitrogen and oxygen atoms in total. The van der Waals surface area contributed by atoms with Crippen molar-refractivity contribution in [2.24, 2.45) is 0 Å². The van der Waals surface area contributed by atoms with E-state index >= 15 is 0 Å². The number of carbonyl (C=O) groups excluding carboxylic acids is 2. The third-order valence-corrected chi connectivity index (χ3v) is 3.35. The van der Waals surface area contributed by atoms with Gasteiger partial charge in [0.1, 0.15) is 5.76 Å². The van der Waals surface area contributed by atoms with E-state index in [2.05, 4.69) is 10.5 Å². The number of ether oxygens (including phenoxy) is 1. The van der Waals surface area contributed by atoms with Crippen LogP contribution in [0.25, 0.3) is 0 Å². The Labute approximate surface area is 119 Å². The van der Waals surface area contributed by atoms with Crippen LogP contribution in [0.3, 0.4) is 0 Å². The van der Waals surface area contributed by atoms with E-state index in [0.717, 1.165) is 4.88 Å². The van der Waals surface area contributed by atoms with Gasteiger partial charge in [-0.1, -0.05) is 11.2 Å². The standard InChI is InChI=1S/C13H14N2O4S/c1-9-7-11(15-19-9)14-12(16)8-18-13(17)5-4-10-3-2-6-20-10/h2-3,6-7H,4-5,8H2,1H3,(H,14,15,16). The van der Waals surface area contributed by atoms with E-state index in [0.29, 0.717) is 18.0 Å². The van der Waals surface area contributed by atoms with Crippen LogP contribution in [0.5, 0.6) is 0 Å². The fourth-order valence-electron chi connectivity index (χ4n) is 1.50. The molecule has 1 amide bonds. The lowest BCUT2D eigenvalue weighted by Gasteiger charge is -2.03. The molecule has 0 aliphatic rings. The van der Waals surface area contributed by atoms with E-state index in [1.807, 2.05) is 17.5 Å². The summed E-state index contributed by atoms with van der Waals surface area (Å²) >= 11 is 1.59. The summed E-state index contributed by atoms with van der Waals surface area (Å²) in [4.78, 5) is 24.1. The van der Waals surface area contributed by atoms with Crippen LogP contribution < -0.4 is 5.32 Å². The molecule has 0 fully saturated rings. The Morgan fingerprint density at radius 1 is 1.50 bits per heavy atom. The zero-order chi connectivity index (χ0) is 14.4. The molecule has 2 aromatic heterocycles. The molecule has 2 aromatic rings. The number of hydrogen-bond donors (Lipinski definition) is 1. The van der Waals surface area contributed by atoms with Gasteiger partial charge in [-0.05, 0) is 24.8 Å². The summed E-state index contributed by atoms with van der Waals surface area (Å²) in [6.07, 6.45) is 0.886. The van der Waals surface area contributed by atoms with Gasteiger partial charge >= 0.3 is 5.97 Å². The minimum absolute atomic E-state index is 0.261. The molecule has 0 spiro atoms. The van der Waals surface area contributed by atoms with Crippen LogP contribution in [0.1, 0.15) is 17.1 Å². The highest BCUT2D eigenvalue weighted by Crippen LogP contribution is 2.11. The van der Waals surface area contributed by atoms with Gasteiger partial charge in [0.2, 0.25) is 0 Å². The maximum absolute atomic E-state index is 11.5. The van der Waals surface area contributed by atoms with E-state index < -0.39 is 11.9 Å². The van der Waals surface area contributed by atoms with Crippen molar-refractivity contribution in [2.45, 2.75) is 19.8 Å². The number of thiophene rings is 1. The highest BCUT2D eigenvalue weighted by atomic mass is 32.1. The Hall–Kier alpha value is -2.15. The van der Waals surface area contributed by atoms with Gasteiger partial charge in [0, 0.05) is 10.9 Å². The predicted molar refractivity (Wildman–Crippen MR) is 73.5 cm³/mol. The maximum atomic E-state index is 11.5. The van der Waals surface area contributed by atoms with E-state index in [4.69, 9.17) is 9.26 Å². The van der Waals surface area contributed by atoms with Gasteiger partial charge < -0.3 is 14.6 Å². The van der Waals surface area contributed by atoms with Crippen LogP contribution in [0.4, 0.5) is 5.82 Å². The second kappa shape index (κ2) is 6.85. The molecule has 0 saturated carbocycles. The SMILES string of the molecule is Cc1cc(NC(=O)COC(=O)CCc2cccs2)no1. The normalized spacial score (nSPS) is 10.2. The number of hydrogen-bond acceptors (Lipinski definition) is 6. The zero-order valence-electron chi connectivity index (χ0n) is 10.9. The monoisotopic (exact) mass is 294 g/mol. The first-order valence-corrected chi connectivity index (χ1v) is 6.92. The van der Waals surface area contributed by atoms with Gasteiger partial charge in [0.25, 0.3) is 5.91 Å². The molecule has 0 aliphatic heterocycles. The summed E-state index contributed by atoms with van der Waals surface area (Å²) in [6.45, 7) is 1.39. The van der Waals surface area contributed by atoms with Gasteiger partial charge in [-0.2, -0.15) is 0 Å². The average molecular weight is 294 g/mol. The Morgan fingerprint density at radius 2 is 2.35 bits per heavy atom. The summed E-state index contributed by atoms with van der Waals surface area (Å²) < 4.78 is 9.68. The lowest BCUT2D eigenvalue weighted by Crippen LogP contribution is -2.21. The number of anilines is 1. The molecule has 106 valence electrons. The topological polar surface area (TPSA) is 81.4 Å². The van der Waals surface area contributed by atoms with Crippen molar-refractivity contribution in [3.8, 4) is 0 Å². The molecule has 0 aliphatic carbocycles. The van der Waals surface area contributed by atoms with Gasteiger partial charge in [0.05, 0.1) is 6.42 Å². The summed E-state index contributed by atoms with van der Waals surface area (Å²) in [5.41, 5.74) is 0. The molecule has 0 aromatic carbocycles. The number of carbonyl (C=O) groups is 2. The molecule has 20 heavy (non-hydrogen) atoms. The van der Waals surface area contributed by atoms with Gasteiger partial charge in [0.15, 0.2) is 12.4 Å². The first-order chi connectivity index (χ1) is 9.63. The Balaban J connectivity index is 1.66. The van der Waals surface area contributed by atoms with Crippen LogP contribution in [0.15, 0.2) is 28.1 Å². The van der Waals surface area contributed by atoms with E-state index in [1.165, 1.54) is 0 Å². The van der Waals surface area contributed by atoms with Crippen molar-refractivity contribution in [1.82, 2.24) is 5.16 Å². The minimum atomic E-state index is -0.442. The summed E-state index contributed by atoms with van der Waals surface area (Å²) in [6, 6.07) is 5.47. The number of esters is 1. The minimum Gasteiger partial charge on any atom is -0.456 e. The quantitative estimate of drug-likeness (QED) is 0.826. The van der Waals surface area contributed by atoms with Gasteiger partial charge in [-0.3, -0.25) is 9.59 Å². The molecule has 0 atom stereocenters. The van der Waals surface area contributed by atoms with E-state index in [9.17, 15) is 9.59 Å². The highest BCUT2D eigenvalue weighted by Gasteiger charge is 2.10. The summed E-state index contributed by atoms with van der Waals surface area (Å²) in [5, 5.41) is 8.03. The zero-order valence-corrected chi connectivity index (χ0v) is 11.7. The van der Waals surface area contributed by atoms with Gasteiger partial charge in [-0.15, -0.1) is 11.3 Å². The third-order valence-electron chi connectivity index (χ3n) is 2.42. The lowest BCUT2D eigenvalue weighted by molar-refractivity contribution is -0.147. The van der Waals surface area contributed by atoms with Crippen LogP contribution in [-0.2, 0) is 20.7 Å². The van der Waals surface area contributed by atoms with Crippen molar-refractivity contribution in [3.63, 3.8) is 0 Å². The molecule has 7 heteroatoms. The van der Waals surface area contributed by atoms with Crippen LogP contribution in [0.2, 0.25) is 0 Å². The van der Waals surface area contributed by atoms with Gasteiger partial charge in [-0.25, -0.2) is 0 Å². The fourth-order valence-corrected chi connectivity index (χ4v) is 2.21. The Kier molecular flexibility index (Phi) is 4.89. The number of aryl methyl sites for hydroxylation is 2. The first-order valence-electron chi connectivity index (χ1n) is 6.04. The largest absolute Gasteiger partial charge is 0.456 e. The second-order valence-electron chi connectivity index (χ2n) is 4.11. The smallest absolute Gasteiger partial charge is 0.306 e. The van der Waals surface area contributed by atoms with Crippen LogP contribution >= 0.6 is 11.3 Å². The number of nitrogens with one attached hydrogen (secondary N) is 1. The molecule has 2 rings (SSSR count). The van der Waals surface area contributed by atoms with E-state index in [-0.39, 0.29) is 13.0 Å². The number of amides is 1. The molecular weight excluding hydrogens is 280 g/mol. The van der Waals surface area contributed by atoms with Crippen LogP contribution in [-0.4, -0.2) is 23.6 Å². The van der Waals surface area contributed by atoms with Crippen molar-refractivity contribution < 1.29 is 18.8 Å². The lowest BCUT2D eigenvalue weighted by atomic mass is 10.3. The first kappa shape index (κ1) is 14.3. The molecular formula is C13H14N2O4S. The van der Waals surface area contributed by atoms with Crippen molar-refractivity contribution in [1.29, 1.82) is 0 Å². The van der Waals surface area contributed by atoms with E-state index in [1.54, 1.807) is 24.3 Å². The summed E-state index contributed by atoms with van der Waals surface area (Å²) in [7, 11) is 0. The number of aromatic nitrogens is 1. The molecule has 0 bridgehead atoms. The number of nitrogens with zero attached hydrogens (tertiary/aromatic N) is 1. The highest BCUT2D eigenvalue weighted by molar-refractivity contribution is 7.09. The number of rotatable bonds is 6. The molecule has 1 N–H and O–H groups in total. The Morgan fingerprint density at radius 3 is 3.00 bits per heavy atom. The molecule has 0 radical (unpaired) electrons. The Bertz CT molecular complexity index is 577. The molecule has 0 unspecified atom stereocenters.